The van der Waals surface area contributed by atoms with Gasteiger partial charge in [-0.15, -0.1) is 0 Å². The number of hydrogen-bond donors (Lipinski definition) is 0. The van der Waals surface area contributed by atoms with Gasteiger partial charge in [0.05, 0.1) is 5.92 Å². The maximum atomic E-state index is 13.0. The third-order valence-corrected chi connectivity index (χ3v) is 6.19. The van der Waals surface area contributed by atoms with Gasteiger partial charge in [0.15, 0.2) is 0 Å². The summed E-state index contributed by atoms with van der Waals surface area (Å²) in [6.07, 6.45) is 5.10. The van der Waals surface area contributed by atoms with E-state index in [9.17, 15) is 4.79 Å². The van der Waals surface area contributed by atoms with Gasteiger partial charge < -0.3 is 9.80 Å². The minimum atomic E-state index is 0.299. The summed E-state index contributed by atoms with van der Waals surface area (Å²) in [6.45, 7) is 9.05. The van der Waals surface area contributed by atoms with Gasteiger partial charge in [-0.2, -0.15) is 0 Å². The smallest absolute Gasteiger partial charge is 0.227 e. The molecule has 0 aromatic carbocycles. The minimum Gasteiger partial charge on any atom is -0.337 e. The number of piperidine rings is 3. The molecule has 3 atom stereocenters. The molecule has 5 rings (SSSR count). The van der Waals surface area contributed by atoms with Gasteiger partial charge >= 0.3 is 0 Å². The van der Waals surface area contributed by atoms with Crippen LogP contribution in [0.5, 0.6) is 0 Å². The van der Waals surface area contributed by atoms with Crippen molar-refractivity contribution >= 4 is 5.91 Å². The molecule has 20 heavy (non-hydrogen) atoms. The van der Waals surface area contributed by atoms with Gasteiger partial charge in [-0.1, -0.05) is 0 Å². The first-order chi connectivity index (χ1) is 9.72. The van der Waals surface area contributed by atoms with Crippen LogP contribution in [0, 0.1) is 11.8 Å². The van der Waals surface area contributed by atoms with Crippen LogP contribution in [-0.4, -0.2) is 72.0 Å². The lowest BCUT2D eigenvalue weighted by Crippen LogP contribution is -2.61. The molecule has 1 amide bonds. The SMILES string of the molecule is C[C@@H]1CN2CCC[C@H]2CN1C(=O)[C@@H]1CN2CCC1CC2. The molecule has 2 bridgehead atoms. The van der Waals surface area contributed by atoms with Gasteiger partial charge in [0, 0.05) is 31.7 Å². The predicted octanol–water partition coefficient (Wildman–Crippen LogP) is 1.02. The van der Waals surface area contributed by atoms with Crippen molar-refractivity contribution < 1.29 is 4.79 Å². The molecule has 112 valence electrons. The number of hydrogen-bond acceptors (Lipinski definition) is 3. The summed E-state index contributed by atoms with van der Waals surface area (Å²) in [5.41, 5.74) is 0. The zero-order chi connectivity index (χ0) is 13.7. The van der Waals surface area contributed by atoms with Crippen LogP contribution in [0.2, 0.25) is 0 Å². The Labute approximate surface area is 122 Å². The number of carbonyl (C=O) groups is 1. The van der Waals surface area contributed by atoms with Gasteiger partial charge in [-0.25, -0.2) is 0 Å². The lowest BCUT2D eigenvalue weighted by molar-refractivity contribution is -0.147. The van der Waals surface area contributed by atoms with Gasteiger partial charge in [-0.3, -0.25) is 9.69 Å². The van der Waals surface area contributed by atoms with E-state index in [-0.39, 0.29) is 0 Å². The summed E-state index contributed by atoms with van der Waals surface area (Å²) in [5.74, 6) is 1.44. The topological polar surface area (TPSA) is 26.8 Å². The first-order valence-electron chi connectivity index (χ1n) is 8.49. The van der Waals surface area contributed by atoms with Crippen molar-refractivity contribution in [1.29, 1.82) is 0 Å². The summed E-state index contributed by atoms with van der Waals surface area (Å²) in [4.78, 5) is 20.4. The maximum Gasteiger partial charge on any atom is 0.227 e. The molecule has 0 unspecified atom stereocenters. The Morgan fingerprint density at radius 2 is 1.80 bits per heavy atom. The molecule has 5 fully saturated rings. The van der Waals surface area contributed by atoms with Crippen molar-refractivity contribution in [2.75, 3.05) is 39.3 Å². The van der Waals surface area contributed by atoms with E-state index >= 15 is 0 Å². The minimum absolute atomic E-state index is 0.299. The number of piperazine rings is 1. The van der Waals surface area contributed by atoms with Crippen molar-refractivity contribution in [3.63, 3.8) is 0 Å². The maximum absolute atomic E-state index is 13.0. The Hall–Kier alpha value is -0.610. The van der Waals surface area contributed by atoms with E-state index in [4.69, 9.17) is 0 Å². The van der Waals surface area contributed by atoms with Gasteiger partial charge in [0.25, 0.3) is 0 Å². The van der Waals surface area contributed by atoms with Crippen LogP contribution in [0.25, 0.3) is 0 Å². The second-order valence-electron chi connectivity index (χ2n) is 7.38. The third kappa shape index (κ3) is 2.08. The van der Waals surface area contributed by atoms with E-state index in [1.165, 1.54) is 45.3 Å². The second kappa shape index (κ2) is 4.99. The zero-order valence-electron chi connectivity index (χ0n) is 12.6. The second-order valence-corrected chi connectivity index (χ2v) is 7.38. The van der Waals surface area contributed by atoms with Gasteiger partial charge in [-0.05, 0) is 58.2 Å². The highest BCUT2D eigenvalue weighted by Crippen LogP contribution is 2.35. The summed E-state index contributed by atoms with van der Waals surface area (Å²) in [5, 5.41) is 0. The van der Waals surface area contributed by atoms with Crippen LogP contribution in [0.4, 0.5) is 0 Å². The number of nitrogens with zero attached hydrogens (tertiary/aromatic N) is 3. The molecule has 5 aliphatic heterocycles. The zero-order valence-corrected chi connectivity index (χ0v) is 12.6. The van der Waals surface area contributed by atoms with E-state index in [0.29, 0.717) is 29.8 Å². The molecule has 0 saturated carbocycles. The lowest BCUT2D eigenvalue weighted by Gasteiger charge is -2.48. The van der Waals surface area contributed by atoms with Crippen molar-refractivity contribution in [3.8, 4) is 0 Å². The molecule has 0 aliphatic carbocycles. The van der Waals surface area contributed by atoms with Crippen LogP contribution in [0.3, 0.4) is 0 Å². The molecule has 0 aromatic rings. The summed E-state index contributed by atoms with van der Waals surface area (Å²) in [7, 11) is 0. The molecule has 0 spiro atoms. The van der Waals surface area contributed by atoms with E-state index in [0.717, 1.165) is 19.6 Å². The van der Waals surface area contributed by atoms with Crippen LogP contribution in [0.1, 0.15) is 32.6 Å². The molecule has 0 N–H and O–H groups in total. The van der Waals surface area contributed by atoms with Crippen LogP contribution in [-0.2, 0) is 4.79 Å². The summed E-state index contributed by atoms with van der Waals surface area (Å²) >= 11 is 0. The highest BCUT2D eigenvalue weighted by molar-refractivity contribution is 5.80. The first kappa shape index (κ1) is 13.1. The number of carbonyl (C=O) groups excluding carboxylic acids is 1. The van der Waals surface area contributed by atoms with Gasteiger partial charge in [0.2, 0.25) is 5.91 Å². The Bertz CT molecular complexity index is 391. The van der Waals surface area contributed by atoms with Crippen molar-refractivity contribution in [2.45, 2.75) is 44.7 Å². The Kier molecular flexibility index (Phi) is 3.26. The van der Waals surface area contributed by atoms with Crippen molar-refractivity contribution in [2.24, 2.45) is 11.8 Å². The first-order valence-corrected chi connectivity index (χ1v) is 8.49. The number of fused-ring (bicyclic) bond motifs is 4. The fraction of sp³-hybridized carbons (Fsp3) is 0.938. The molecule has 0 radical (unpaired) electrons. The fourth-order valence-electron chi connectivity index (χ4n) is 4.95. The average Bonchev–Trinajstić information content (AvgIpc) is 2.94. The molecule has 5 saturated heterocycles. The average molecular weight is 277 g/mol. The van der Waals surface area contributed by atoms with Crippen LogP contribution < -0.4 is 0 Å². The molecule has 4 heteroatoms. The monoisotopic (exact) mass is 277 g/mol. The number of rotatable bonds is 1. The predicted molar refractivity (Wildman–Crippen MR) is 78.4 cm³/mol. The molecule has 4 nitrogen and oxygen atoms in total. The van der Waals surface area contributed by atoms with Crippen LogP contribution in [0.15, 0.2) is 0 Å². The van der Waals surface area contributed by atoms with E-state index in [2.05, 4.69) is 21.6 Å². The summed E-state index contributed by atoms with van der Waals surface area (Å²) < 4.78 is 0. The Morgan fingerprint density at radius 3 is 2.50 bits per heavy atom. The largest absolute Gasteiger partial charge is 0.337 e. The molecular formula is C16H27N3O. The molecule has 5 heterocycles. The fourth-order valence-corrected chi connectivity index (χ4v) is 4.95. The normalized spacial score (nSPS) is 44.6. The van der Waals surface area contributed by atoms with Crippen molar-refractivity contribution in [3.05, 3.63) is 0 Å². The summed E-state index contributed by atoms with van der Waals surface area (Å²) in [6, 6.07) is 1.06. The Balaban J connectivity index is 1.47. The van der Waals surface area contributed by atoms with E-state index in [1.807, 2.05) is 0 Å². The van der Waals surface area contributed by atoms with E-state index in [1.54, 1.807) is 0 Å². The highest BCUT2D eigenvalue weighted by atomic mass is 16.2. The van der Waals surface area contributed by atoms with E-state index < -0.39 is 0 Å². The van der Waals surface area contributed by atoms with Crippen LogP contribution >= 0.6 is 0 Å². The molecule has 5 aliphatic rings. The lowest BCUT2D eigenvalue weighted by atomic mass is 9.78. The molecule has 0 aromatic heterocycles. The molecular weight excluding hydrogens is 250 g/mol. The number of amides is 1. The highest BCUT2D eigenvalue weighted by Gasteiger charge is 2.43. The Morgan fingerprint density at radius 1 is 1.00 bits per heavy atom. The standard InChI is InChI=1S/C16H27N3O/c1-12-9-18-6-2-3-14(18)10-19(12)16(20)15-11-17-7-4-13(15)5-8-17/h12-15H,2-11H2,1H3/t12-,14+,15-/m1/s1. The third-order valence-electron chi connectivity index (χ3n) is 6.19. The quantitative estimate of drug-likeness (QED) is 0.716. The van der Waals surface area contributed by atoms with Crippen molar-refractivity contribution in [1.82, 2.24) is 14.7 Å². The van der Waals surface area contributed by atoms with Gasteiger partial charge in [0.1, 0.15) is 0 Å².